The van der Waals surface area contributed by atoms with Gasteiger partial charge >= 0.3 is 24.3 Å². The van der Waals surface area contributed by atoms with Crippen LogP contribution in [0, 0.1) is 11.3 Å². The molecule has 1 heterocycles. The van der Waals surface area contributed by atoms with Gasteiger partial charge in [-0.1, -0.05) is 54.6 Å². The Hall–Kier alpha value is -4.67. The first-order valence-electron chi connectivity index (χ1n) is 12.7. The van der Waals surface area contributed by atoms with Crippen LogP contribution in [-0.4, -0.2) is 70.8 Å². The van der Waals surface area contributed by atoms with E-state index in [1.807, 2.05) is 30.3 Å². The molecule has 1 aliphatic heterocycles. The fraction of sp³-hybridized carbons (Fsp3) is 0.370. The fourth-order valence-corrected chi connectivity index (χ4v) is 3.64. The quantitative estimate of drug-likeness (QED) is 0.131. The number of halogens is 6. The molecule has 0 bridgehead atoms. The second-order valence-corrected chi connectivity index (χ2v) is 9.42. The molecule has 3 atom stereocenters. The van der Waals surface area contributed by atoms with Crippen molar-refractivity contribution in [2.24, 2.45) is 11.7 Å². The highest BCUT2D eigenvalue weighted by molar-refractivity contribution is 5.95. The Kier molecular flexibility index (Phi) is 14.3. The van der Waals surface area contributed by atoms with E-state index < -0.39 is 30.3 Å². The third-order valence-corrected chi connectivity index (χ3v) is 5.87. The van der Waals surface area contributed by atoms with Crippen LogP contribution in [0.15, 0.2) is 54.6 Å². The van der Waals surface area contributed by atoms with Gasteiger partial charge in [0.05, 0.1) is 6.04 Å². The van der Waals surface area contributed by atoms with Gasteiger partial charge in [-0.25, -0.2) is 9.59 Å². The highest BCUT2D eigenvalue weighted by Gasteiger charge is 2.39. The molecule has 242 valence electrons. The van der Waals surface area contributed by atoms with E-state index in [4.69, 9.17) is 30.9 Å². The average Bonchev–Trinajstić information content (AvgIpc) is 3.40. The van der Waals surface area contributed by atoms with Crippen LogP contribution in [0.4, 0.5) is 26.3 Å². The van der Waals surface area contributed by atoms with Gasteiger partial charge in [0.1, 0.15) is 11.9 Å². The summed E-state index contributed by atoms with van der Waals surface area (Å²) in [6.07, 6.45) is -8.46. The number of benzene rings is 2. The SMILES string of the molecule is C[C@H](NC(=O)[C@H]1C[C@@H](Cc2ccccc2)CN1)C(=O)NCc1ccc(C(=N)N)cc1.O=C(O)C(F)(F)F.O=C(O)C(F)(F)F. The van der Waals surface area contributed by atoms with Gasteiger partial charge in [-0.05, 0) is 43.4 Å². The van der Waals surface area contributed by atoms with E-state index in [0.29, 0.717) is 18.0 Å². The summed E-state index contributed by atoms with van der Waals surface area (Å²) < 4.78 is 63.5. The van der Waals surface area contributed by atoms with E-state index in [9.17, 15) is 35.9 Å². The van der Waals surface area contributed by atoms with Gasteiger partial charge in [-0.3, -0.25) is 15.0 Å². The zero-order valence-electron chi connectivity index (χ0n) is 23.1. The largest absolute Gasteiger partial charge is 0.490 e. The summed E-state index contributed by atoms with van der Waals surface area (Å²) in [5, 5.41) is 30.6. The first-order valence-corrected chi connectivity index (χ1v) is 12.7. The van der Waals surface area contributed by atoms with Crippen molar-refractivity contribution in [1.82, 2.24) is 16.0 Å². The Labute approximate surface area is 247 Å². The molecule has 1 fully saturated rings. The van der Waals surface area contributed by atoms with Gasteiger partial charge in [0.15, 0.2) is 0 Å². The maximum atomic E-state index is 12.5. The Morgan fingerprint density at radius 1 is 0.932 bits per heavy atom. The van der Waals surface area contributed by atoms with Crippen LogP contribution in [0.25, 0.3) is 0 Å². The highest BCUT2D eigenvalue weighted by atomic mass is 19.4. The predicted octanol–water partition coefficient (Wildman–Crippen LogP) is 2.58. The van der Waals surface area contributed by atoms with Crippen molar-refractivity contribution < 1.29 is 55.7 Å². The summed E-state index contributed by atoms with van der Waals surface area (Å²) in [6.45, 7) is 2.82. The van der Waals surface area contributed by atoms with Crippen LogP contribution < -0.4 is 21.7 Å². The van der Waals surface area contributed by atoms with Gasteiger partial charge in [0, 0.05) is 12.1 Å². The highest BCUT2D eigenvalue weighted by Crippen LogP contribution is 2.19. The smallest absolute Gasteiger partial charge is 0.475 e. The summed E-state index contributed by atoms with van der Waals surface area (Å²) in [6, 6.07) is 16.5. The van der Waals surface area contributed by atoms with Crippen LogP contribution in [0.1, 0.15) is 30.0 Å². The molecule has 0 radical (unpaired) electrons. The van der Waals surface area contributed by atoms with Crippen molar-refractivity contribution in [3.05, 3.63) is 71.3 Å². The minimum atomic E-state index is -5.08. The fourth-order valence-electron chi connectivity index (χ4n) is 3.64. The minimum absolute atomic E-state index is 0.00782. The van der Waals surface area contributed by atoms with Crippen LogP contribution in [0.3, 0.4) is 0 Å². The number of carboxylic acids is 2. The molecule has 44 heavy (non-hydrogen) atoms. The molecule has 11 nitrogen and oxygen atoms in total. The molecule has 0 unspecified atom stereocenters. The topological polar surface area (TPSA) is 195 Å². The maximum Gasteiger partial charge on any atom is 0.490 e. The molecule has 17 heteroatoms. The molecule has 0 saturated carbocycles. The van der Waals surface area contributed by atoms with Crippen molar-refractivity contribution in [3.63, 3.8) is 0 Å². The molecule has 1 aliphatic rings. The van der Waals surface area contributed by atoms with Crippen LogP contribution in [0.2, 0.25) is 0 Å². The van der Waals surface area contributed by atoms with Gasteiger partial charge in [-0.2, -0.15) is 26.3 Å². The van der Waals surface area contributed by atoms with Gasteiger partial charge in [0.25, 0.3) is 0 Å². The lowest BCUT2D eigenvalue weighted by molar-refractivity contribution is -0.193. The van der Waals surface area contributed by atoms with Crippen molar-refractivity contribution in [1.29, 1.82) is 5.41 Å². The zero-order chi connectivity index (χ0) is 33.7. The number of nitrogen functional groups attached to an aromatic ring is 1. The van der Waals surface area contributed by atoms with E-state index in [-0.39, 0.29) is 23.7 Å². The van der Waals surface area contributed by atoms with Gasteiger partial charge < -0.3 is 31.9 Å². The Bertz CT molecular complexity index is 1250. The molecule has 1 saturated heterocycles. The van der Waals surface area contributed by atoms with Crippen molar-refractivity contribution in [2.45, 2.75) is 50.7 Å². The molecule has 0 spiro atoms. The van der Waals surface area contributed by atoms with Crippen LogP contribution in [-0.2, 0) is 32.1 Å². The van der Waals surface area contributed by atoms with Crippen LogP contribution in [0.5, 0.6) is 0 Å². The summed E-state index contributed by atoms with van der Waals surface area (Å²) >= 11 is 0. The summed E-state index contributed by atoms with van der Waals surface area (Å²) in [5.41, 5.74) is 8.25. The molecular formula is C27H31F6N5O6. The van der Waals surface area contributed by atoms with E-state index >= 15 is 0 Å². The lowest BCUT2D eigenvalue weighted by Gasteiger charge is -2.17. The number of hydrogen-bond acceptors (Lipinski definition) is 6. The van der Waals surface area contributed by atoms with E-state index in [0.717, 1.165) is 24.9 Å². The third kappa shape index (κ3) is 14.0. The number of nitrogens with one attached hydrogen (secondary N) is 4. The number of nitrogens with two attached hydrogens (primary N) is 1. The first-order chi connectivity index (χ1) is 20.3. The number of carboxylic acid groups (broad SMARTS) is 2. The third-order valence-electron chi connectivity index (χ3n) is 5.87. The Balaban J connectivity index is 0.000000574. The van der Waals surface area contributed by atoms with Crippen molar-refractivity contribution >= 4 is 29.6 Å². The Morgan fingerprint density at radius 3 is 1.89 bits per heavy atom. The lowest BCUT2D eigenvalue weighted by atomic mass is 9.96. The second kappa shape index (κ2) is 16.8. The molecule has 2 amide bonds. The first kappa shape index (κ1) is 37.4. The van der Waals surface area contributed by atoms with Crippen LogP contribution >= 0.6 is 0 Å². The normalized spacial score (nSPS) is 16.6. The molecule has 8 N–H and O–H groups in total. The van der Waals surface area contributed by atoms with Gasteiger partial charge in [-0.15, -0.1) is 0 Å². The lowest BCUT2D eigenvalue weighted by Crippen LogP contribution is -2.49. The predicted molar refractivity (Wildman–Crippen MR) is 144 cm³/mol. The molecule has 2 aromatic rings. The number of carbonyl (C=O) groups excluding carboxylic acids is 2. The molecular weight excluding hydrogens is 604 g/mol. The number of alkyl halides is 6. The standard InChI is InChI=1S/C23H29N5O2.2C2HF3O2/c1-15(22(29)27-13-17-7-9-19(10-8-17)21(24)25)28-23(30)20-12-18(14-26-20)11-16-5-3-2-4-6-16;2*3-2(4,5)1(6)7/h2-10,15,18,20,26H,11-14H2,1H3,(H3,24,25)(H,27,29)(H,28,30);2*(H,6,7)/t15-,18+,20+;;/m0../s1. The number of amides is 2. The molecule has 3 rings (SSSR count). The number of rotatable bonds is 8. The number of carbonyl (C=O) groups is 4. The van der Waals surface area contributed by atoms with Crippen molar-refractivity contribution in [2.75, 3.05) is 6.54 Å². The van der Waals surface area contributed by atoms with Crippen molar-refractivity contribution in [3.8, 4) is 0 Å². The summed E-state index contributed by atoms with van der Waals surface area (Å²) in [4.78, 5) is 42.7. The average molecular weight is 636 g/mol. The van der Waals surface area contributed by atoms with E-state index in [2.05, 4.69) is 28.1 Å². The number of hydrogen-bond donors (Lipinski definition) is 7. The van der Waals surface area contributed by atoms with E-state index in [1.54, 1.807) is 19.1 Å². The Morgan fingerprint density at radius 2 is 1.43 bits per heavy atom. The minimum Gasteiger partial charge on any atom is -0.475 e. The summed E-state index contributed by atoms with van der Waals surface area (Å²) in [5.74, 6) is -5.48. The molecule has 0 aliphatic carbocycles. The number of amidine groups is 1. The molecule has 2 aromatic carbocycles. The van der Waals surface area contributed by atoms with E-state index in [1.165, 1.54) is 5.56 Å². The zero-order valence-corrected chi connectivity index (χ0v) is 23.1. The monoisotopic (exact) mass is 635 g/mol. The summed E-state index contributed by atoms with van der Waals surface area (Å²) in [7, 11) is 0. The number of aliphatic carboxylic acids is 2. The molecule has 0 aromatic heterocycles. The second-order valence-electron chi connectivity index (χ2n) is 9.42. The maximum absolute atomic E-state index is 12.5. The van der Waals surface area contributed by atoms with Gasteiger partial charge in [0.2, 0.25) is 11.8 Å².